The minimum atomic E-state index is -0.167. The van der Waals surface area contributed by atoms with Crippen LogP contribution in [-0.2, 0) is 4.74 Å². The summed E-state index contributed by atoms with van der Waals surface area (Å²) < 4.78 is 19.0. The summed E-state index contributed by atoms with van der Waals surface area (Å²) in [5.41, 5.74) is 0.967. The lowest BCUT2D eigenvalue weighted by Gasteiger charge is -2.29. The third-order valence-corrected chi connectivity index (χ3v) is 3.85. The second kappa shape index (κ2) is 7.37. The summed E-state index contributed by atoms with van der Waals surface area (Å²) in [6.07, 6.45) is 1.91. The van der Waals surface area contributed by atoms with Gasteiger partial charge in [0, 0.05) is 19.2 Å². The van der Waals surface area contributed by atoms with Crippen LogP contribution in [0, 0.1) is 5.82 Å². The normalized spacial score (nSPS) is 14.2. The summed E-state index contributed by atoms with van der Waals surface area (Å²) in [7, 11) is 1.74. The maximum absolute atomic E-state index is 13.5. The van der Waals surface area contributed by atoms with Crippen molar-refractivity contribution < 1.29 is 9.13 Å². The largest absolute Gasteiger partial charge is 0.379 e. The van der Waals surface area contributed by atoms with Crippen molar-refractivity contribution in [2.45, 2.75) is 64.5 Å². The van der Waals surface area contributed by atoms with Crippen LogP contribution in [0.5, 0.6) is 0 Å². The molecule has 1 aromatic rings. The third kappa shape index (κ3) is 7.05. The molecule has 0 amide bonds. The van der Waals surface area contributed by atoms with E-state index < -0.39 is 0 Å². The molecule has 0 aliphatic rings. The van der Waals surface area contributed by atoms with Crippen LogP contribution in [0.2, 0.25) is 0 Å². The van der Waals surface area contributed by atoms with Gasteiger partial charge in [0.25, 0.3) is 0 Å². The molecule has 0 saturated carbocycles. The monoisotopic (exact) mass is 295 g/mol. The zero-order valence-electron chi connectivity index (χ0n) is 14.3. The van der Waals surface area contributed by atoms with E-state index in [1.54, 1.807) is 19.2 Å². The van der Waals surface area contributed by atoms with E-state index in [2.05, 4.69) is 39.9 Å². The molecule has 0 aliphatic carbocycles. The van der Waals surface area contributed by atoms with Crippen molar-refractivity contribution in [3.63, 3.8) is 0 Å². The van der Waals surface area contributed by atoms with Crippen molar-refractivity contribution in [3.8, 4) is 0 Å². The van der Waals surface area contributed by atoms with Crippen LogP contribution in [-0.4, -0.2) is 24.8 Å². The Morgan fingerprint density at radius 1 is 1.19 bits per heavy atom. The fraction of sp³-hybridized carbons (Fsp3) is 0.667. The number of nitrogens with one attached hydrogen (secondary N) is 1. The van der Waals surface area contributed by atoms with Gasteiger partial charge in [0.15, 0.2) is 0 Å². The number of methoxy groups -OCH3 is 1. The van der Waals surface area contributed by atoms with Crippen LogP contribution < -0.4 is 5.32 Å². The zero-order chi connectivity index (χ0) is 16.1. The average molecular weight is 295 g/mol. The molecule has 21 heavy (non-hydrogen) atoms. The van der Waals surface area contributed by atoms with Crippen molar-refractivity contribution in [2.75, 3.05) is 13.7 Å². The molecule has 1 atom stereocenters. The molecular weight excluding hydrogens is 265 g/mol. The highest BCUT2D eigenvalue weighted by Gasteiger charge is 2.22. The first-order valence-corrected chi connectivity index (χ1v) is 7.69. The van der Waals surface area contributed by atoms with E-state index in [1.807, 2.05) is 6.07 Å². The first-order chi connectivity index (χ1) is 9.63. The van der Waals surface area contributed by atoms with Crippen molar-refractivity contribution in [1.82, 2.24) is 5.32 Å². The Morgan fingerprint density at radius 3 is 2.38 bits per heavy atom. The fourth-order valence-corrected chi connectivity index (χ4v) is 2.20. The molecule has 0 aliphatic heterocycles. The van der Waals surface area contributed by atoms with Crippen molar-refractivity contribution in [2.24, 2.45) is 0 Å². The minimum absolute atomic E-state index is 0.0579. The molecule has 0 aromatic heterocycles. The van der Waals surface area contributed by atoms with E-state index >= 15 is 0 Å². The van der Waals surface area contributed by atoms with Crippen LogP contribution in [0.3, 0.4) is 0 Å². The van der Waals surface area contributed by atoms with Gasteiger partial charge in [-0.25, -0.2) is 4.39 Å². The van der Waals surface area contributed by atoms with Gasteiger partial charge in [0.05, 0.1) is 5.60 Å². The van der Waals surface area contributed by atoms with E-state index in [0.29, 0.717) is 0 Å². The van der Waals surface area contributed by atoms with Crippen LogP contribution in [0.15, 0.2) is 24.3 Å². The maximum Gasteiger partial charge on any atom is 0.123 e. The quantitative estimate of drug-likeness (QED) is 0.799. The molecule has 1 unspecified atom stereocenters. The summed E-state index contributed by atoms with van der Waals surface area (Å²) >= 11 is 0. The van der Waals surface area contributed by atoms with E-state index in [0.717, 1.165) is 24.9 Å². The molecule has 0 saturated heterocycles. The van der Waals surface area contributed by atoms with Gasteiger partial charge in [-0.15, -0.1) is 0 Å². The van der Waals surface area contributed by atoms with Crippen LogP contribution >= 0.6 is 0 Å². The van der Waals surface area contributed by atoms with E-state index in [9.17, 15) is 4.39 Å². The topological polar surface area (TPSA) is 21.3 Å². The first kappa shape index (κ1) is 18.1. The van der Waals surface area contributed by atoms with Gasteiger partial charge in [-0.1, -0.05) is 12.1 Å². The zero-order valence-corrected chi connectivity index (χ0v) is 14.3. The van der Waals surface area contributed by atoms with Crippen LogP contribution in [0.1, 0.15) is 58.9 Å². The van der Waals surface area contributed by atoms with Crippen molar-refractivity contribution in [1.29, 1.82) is 0 Å². The van der Waals surface area contributed by atoms with Gasteiger partial charge in [0.1, 0.15) is 5.82 Å². The second-order valence-electron chi connectivity index (χ2n) is 7.39. The van der Waals surface area contributed by atoms with Gasteiger partial charge < -0.3 is 10.1 Å². The molecule has 0 fully saturated rings. The highest BCUT2D eigenvalue weighted by molar-refractivity contribution is 5.21. The van der Waals surface area contributed by atoms with E-state index in [1.165, 1.54) is 6.07 Å². The molecule has 0 radical (unpaired) electrons. The molecular formula is C18H30FNO. The van der Waals surface area contributed by atoms with Gasteiger partial charge in [0.2, 0.25) is 0 Å². The van der Waals surface area contributed by atoms with Crippen molar-refractivity contribution in [3.05, 3.63) is 35.6 Å². The lowest BCUT2D eigenvalue weighted by molar-refractivity contribution is 0.0123. The van der Waals surface area contributed by atoms with Gasteiger partial charge in [-0.05, 0) is 71.1 Å². The average Bonchev–Trinajstić information content (AvgIpc) is 2.37. The van der Waals surface area contributed by atoms with Crippen molar-refractivity contribution >= 4 is 0 Å². The SMILES string of the molecule is COC(C)(C)CCC(CNC(C)(C)C)c1cccc(F)c1. The molecule has 120 valence electrons. The van der Waals surface area contributed by atoms with E-state index in [-0.39, 0.29) is 22.9 Å². The highest BCUT2D eigenvalue weighted by Crippen LogP contribution is 2.27. The molecule has 2 nitrogen and oxygen atoms in total. The lowest BCUT2D eigenvalue weighted by atomic mass is 9.89. The molecule has 0 bridgehead atoms. The molecule has 0 spiro atoms. The first-order valence-electron chi connectivity index (χ1n) is 7.69. The van der Waals surface area contributed by atoms with Gasteiger partial charge in [-0.3, -0.25) is 0 Å². The summed E-state index contributed by atoms with van der Waals surface area (Å²) in [6.45, 7) is 11.5. The number of rotatable bonds is 7. The predicted molar refractivity (Wildman–Crippen MR) is 87.2 cm³/mol. The van der Waals surface area contributed by atoms with E-state index in [4.69, 9.17) is 4.74 Å². The minimum Gasteiger partial charge on any atom is -0.379 e. The van der Waals surface area contributed by atoms with Gasteiger partial charge >= 0.3 is 0 Å². The Balaban J connectivity index is 2.79. The Labute approximate surface area is 129 Å². The standard InChI is InChI=1S/C18H30FNO/c1-17(2,3)20-13-15(10-11-18(4,5)21-6)14-8-7-9-16(19)12-14/h7-9,12,15,20H,10-11,13H2,1-6H3. The number of hydrogen-bond acceptors (Lipinski definition) is 2. The third-order valence-electron chi connectivity index (χ3n) is 3.85. The smallest absolute Gasteiger partial charge is 0.123 e. The molecule has 0 heterocycles. The summed E-state index contributed by atoms with van der Waals surface area (Å²) in [5, 5.41) is 3.53. The Hall–Kier alpha value is -0.930. The Morgan fingerprint density at radius 2 is 1.86 bits per heavy atom. The van der Waals surface area contributed by atoms with Crippen LogP contribution in [0.25, 0.3) is 0 Å². The number of hydrogen-bond donors (Lipinski definition) is 1. The Bertz CT molecular complexity index is 437. The molecule has 1 rings (SSSR count). The molecule has 1 N–H and O–H groups in total. The van der Waals surface area contributed by atoms with Crippen LogP contribution in [0.4, 0.5) is 4.39 Å². The molecule has 3 heteroatoms. The summed E-state index contributed by atoms with van der Waals surface area (Å²) in [4.78, 5) is 0. The number of halogens is 1. The summed E-state index contributed by atoms with van der Waals surface area (Å²) in [5.74, 6) is 0.119. The Kier molecular flexibility index (Phi) is 6.36. The fourth-order valence-electron chi connectivity index (χ4n) is 2.20. The maximum atomic E-state index is 13.5. The molecule has 1 aromatic carbocycles. The summed E-state index contributed by atoms with van der Waals surface area (Å²) in [6, 6.07) is 6.94. The number of benzene rings is 1. The highest BCUT2D eigenvalue weighted by atomic mass is 19.1. The number of ether oxygens (including phenoxy) is 1. The lowest BCUT2D eigenvalue weighted by Crippen LogP contribution is -2.39. The van der Waals surface area contributed by atoms with Gasteiger partial charge in [-0.2, -0.15) is 0 Å². The predicted octanol–water partition coefficient (Wildman–Crippen LogP) is 4.50. The second-order valence-corrected chi connectivity index (χ2v) is 7.39.